The van der Waals surface area contributed by atoms with E-state index in [1.807, 2.05) is 17.9 Å². The first kappa shape index (κ1) is 20.6. The number of pyridine rings is 1. The lowest BCUT2D eigenvalue weighted by molar-refractivity contribution is -0.137. The van der Waals surface area contributed by atoms with Crippen LogP contribution < -0.4 is 4.90 Å². The van der Waals surface area contributed by atoms with Crippen molar-refractivity contribution in [3.05, 3.63) is 23.9 Å². The van der Waals surface area contributed by atoms with Gasteiger partial charge in [0.1, 0.15) is 5.82 Å². The Morgan fingerprint density at radius 2 is 1.82 bits per heavy atom. The van der Waals surface area contributed by atoms with Crippen LogP contribution in [0.15, 0.2) is 18.3 Å². The number of rotatable bonds is 5. The molecular formula is C21H32N4O3. The molecule has 1 atom stereocenters. The van der Waals surface area contributed by atoms with Gasteiger partial charge in [0.2, 0.25) is 5.91 Å². The van der Waals surface area contributed by atoms with Crippen LogP contribution in [0.2, 0.25) is 0 Å². The van der Waals surface area contributed by atoms with Gasteiger partial charge in [-0.1, -0.05) is 6.92 Å². The fraction of sp³-hybridized carbons (Fsp3) is 0.667. The minimum Gasteiger partial charge on any atom is -0.462 e. The first-order valence-electron chi connectivity index (χ1n) is 10.4. The summed E-state index contributed by atoms with van der Waals surface area (Å²) in [5.74, 6) is 1.50. The quantitative estimate of drug-likeness (QED) is 0.719. The van der Waals surface area contributed by atoms with Crippen LogP contribution in [0, 0.1) is 5.92 Å². The second-order valence-electron chi connectivity index (χ2n) is 7.83. The van der Waals surface area contributed by atoms with E-state index in [0.717, 1.165) is 63.8 Å². The Kier molecular flexibility index (Phi) is 6.88. The predicted octanol–water partition coefficient (Wildman–Crippen LogP) is 2.03. The maximum Gasteiger partial charge on any atom is 0.339 e. The summed E-state index contributed by atoms with van der Waals surface area (Å²) >= 11 is 0. The van der Waals surface area contributed by atoms with Crippen molar-refractivity contribution >= 4 is 17.7 Å². The number of piperazine rings is 1. The van der Waals surface area contributed by atoms with E-state index in [0.29, 0.717) is 12.2 Å². The average molecular weight is 389 g/mol. The smallest absolute Gasteiger partial charge is 0.339 e. The van der Waals surface area contributed by atoms with E-state index in [1.165, 1.54) is 0 Å². The van der Waals surface area contributed by atoms with Gasteiger partial charge < -0.3 is 14.5 Å². The van der Waals surface area contributed by atoms with E-state index < -0.39 is 0 Å². The summed E-state index contributed by atoms with van der Waals surface area (Å²) in [4.78, 5) is 35.5. The lowest BCUT2D eigenvalue weighted by Crippen LogP contribution is -2.55. The summed E-state index contributed by atoms with van der Waals surface area (Å²) in [6.07, 6.45) is 3.79. The number of esters is 1. The second kappa shape index (κ2) is 9.37. The number of likely N-dealkylation sites (tertiary alicyclic amines) is 1. The molecule has 0 radical (unpaired) electrons. The van der Waals surface area contributed by atoms with Crippen molar-refractivity contribution in [2.75, 3.05) is 50.8 Å². The highest BCUT2D eigenvalue weighted by molar-refractivity contribution is 5.89. The number of hydrogen-bond donors (Lipinski definition) is 0. The van der Waals surface area contributed by atoms with Crippen LogP contribution in [0.3, 0.4) is 0 Å². The molecule has 1 aromatic heterocycles. The van der Waals surface area contributed by atoms with E-state index in [-0.39, 0.29) is 17.9 Å². The Hall–Kier alpha value is -2.15. The van der Waals surface area contributed by atoms with Gasteiger partial charge in [-0.25, -0.2) is 9.78 Å². The van der Waals surface area contributed by atoms with Crippen LogP contribution in [0.25, 0.3) is 0 Å². The summed E-state index contributed by atoms with van der Waals surface area (Å²) in [5, 5.41) is 0. The zero-order chi connectivity index (χ0) is 20.1. The fourth-order valence-corrected chi connectivity index (χ4v) is 3.90. The molecule has 1 aromatic rings. The lowest BCUT2D eigenvalue weighted by Gasteiger charge is -2.40. The summed E-state index contributed by atoms with van der Waals surface area (Å²) in [6.45, 7) is 11.5. The second-order valence-corrected chi connectivity index (χ2v) is 7.83. The molecule has 0 saturated carbocycles. The molecule has 0 spiro atoms. The molecule has 0 N–H and O–H groups in total. The molecule has 7 heteroatoms. The fourth-order valence-electron chi connectivity index (χ4n) is 3.90. The maximum absolute atomic E-state index is 12.8. The molecule has 1 unspecified atom stereocenters. The highest BCUT2D eigenvalue weighted by atomic mass is 16.5. The molecule has 0 aliphatic carbocycles. The van der Waals surface area contributed by atoms with Crippen molar-refractivity contribution in [3.8, 4) is 0 Å². The predicted molar refractivity (Wildman–Crippen MR) is 108 cm³/mol. The molecule has 2 saturated heterocycles. The first-order valence-corrected chi connectivity index (χ1v) is 10.4. The molecule has 154 valence electrons. The monoisotopic (exact) mass is 388 g/mol. The molecule has 2 fully saturated rings. The normalized spacial score (nSPS) is 20.1. The number of carbonyl (C=O) groups is 2. The zero-order valence-corrected chi connectivity index (χ0v) is 17.3. The Morgan fingerprint density at radius 3 is 2.39 bits per heavy atom. The summed E-state index contributed by atoms with van der Waals surface area (Å²) < 4.78 is 5.00. The van der Waals surface area contributed by atoms with Gasteiger partial charge in [-0.2, -0.15) is 0 Å². The number of amides is 1. The number of anilines is 1. The summed E-state index contributed by atoms with van der Waals surface area (Å²) in [5.41, 5.74) is 0.472. The number of piperidine rings is 1. The zero-order valence-electron chi connectivity index (χ0n) is 17.3. The van der Waals surface area contributed by atoms with Gasteiger partial charge in [-0.05, 0) is 44.7 Å². The molecule has 3 heterocycles. The van der Waals surface area contributed by atoms with Gasteiger partial charge in [0, 0.05) is 45.5 Å². The third-order valence-corrected chi connectivity index (χ3v) is 5.90. The van der Waals surface area contributed by atoms with E-state index in [4.69, 9.17) is 4.74 Å². The topological polar surface area (TPSA) is 66.0 Å². The van der Waals surface area contributed by atoms with Gasteiger partial charge >= 0.3 is 5.97 Å². The van der Waals surface area contributed by atoms with Crippen molar-refractivity contribution in [2.45, 2.75) is 39.7 Å². The van der Waals surface area contributed by atoms with Crippen molar-refractivity contribution in [3.63, 3.8) is 0 Å². The molecular weight excluding hydrogens is 356 g/mol. The summed E-state index contributed by atoms with van der Waals surface area (Å²) in [6, 6.07) is 3.55. The largest absolute Gasteiger partial charge is 0.462 e. The third-order valence-electron chi connectivity index (χ3n) is 5.90. The van der Waals surface area contributed by atoms with E-state index in [2.05, 4.69) is 21.7 Å². The standard InChI is InChI=1S/C21H32N4O3/c1-4-28-21(27)18-5-6-19(22-15-18)24-13-11-23(12-14-24)17(3)20(26)25-9-7-16(2)8-10-25/h5-6,15-17H,4,7-14H2,1-3H3. The first-order chi connectivity index (χ1) is 13.5. The van der Waals surface area contributed by atoms with Gasteiger partial charge in [0.15, 0.2) is 0 Å². The number of hydrogen-bond acceptors (Lipinski definition) is 6. The number of ether oxygens (including phenoxy) is 1. The van der Waals surface area contributed by atoms with Crippen LogP contribution in [-0.4, -0.2) is 78.6 Å². The van der Waals surface area contributed by atoms with Crippen LogP contribution in [0.4, 0.5) is 5.82 Å². The van der Waals surface area contributed by atoms with Crippen LogP contribution >= 0.6 is 0 Å². The van der Waals surface area contributed by atoms with Gasteiger partial charge in [-0.3, -0.25) is 9.69 Å². The molecule has 0 aromatic carbocycles. The summed E-state index contributed by atoms with van der Waals surface area (Å²) in [7, 11) is 0. The molecule has 2 aliphatic heterocycles. The Labute approximate surface area is 167 Å². The molecule has 3 rings (SSSR count). The van der Waals surface area contributed by atoms with E-state index in [1.54, 1.807) is 19.2 Å². The number of carbonyl (C=O) groups excluding carboxylic acids is 2. The average Bonchev–Trinajstić information content (AvgIpc) is 2.74. The maximum atomic E-state index is 12.8. The molecule has 28 heavy (non-hydrogen) atoms. The minimum absolute atomic E-state index is 0.0743. The van der Waals surface area contributed by atoms with Gasteiger partial charge in [0.05, 0.1) is 18.2 Å². The third kappa shape index (κ3) is 4.82. The van der Waals surface area contributed by atoms with Crippen LogP contribution in [0.5, 0.6) is 0 Å². The number of aromatic nitrogens is 1. The van der Waals surface area contributed by atoms with Crippen molar-refractivity contribution in [1.82, 2.24) is 14.8 Å². The van der Waals surface area contributed by atoms with Crippen molar-refractivity contribution in [2.24, 2.45) is 5.92 Å². The lowest BCUT2D eigenvalue weighted by atomic mass is 9.98. The molecule has 7 nitrogen and oxygen atoms in total. The highest BCUT2D eigenvalue weighted by Crippen LogP contribution is 2.20. The van der Waals surface area contributed by atoms with Crippen molar-refractivity contribution in [1.29, 1.82) is 0 Å². The van der Waals surface area contributed by atoms with Gasteiger partial charge in [0.25, 0.3) is 0 Å². The SMILES string of the molecule is CCOC(=O)c1ccc(N2CCN(C(C)C(=O)N3CCC(C)CC3)CC2)nc1. The van der Waals surface area contributed by atoms with Crippen LogP contribution in [0.1, 0.15) is 44.0 Å². The van der Waals surface area contributed by atoms with E-state index >= 15 is 0 Å². The Balaban J connectivity index is 1.51. The Morgan fingerprint density at radius 1 is 1.14 bits per heavy atom. The molecule has 2 aliphatic rings. The van der Waals surface area contributed by atoms with Crippen LogP contribution in [-0.2, 0) is 9.53 Å². The number of nitrogens with zero attached hydrogens (tertiary/aromatic N) is 4. The Bertz CT molecular complexity index is 663. The molecule has 1 amide bonds. The highest BCUT2D eigenvalue weighted by Gasteiger charge is 2.30. The van der Waals surface area contributed by atoms with E-state index in [9.17, 15) is 9.59 Å². The van der Waals surface area contributed by atoms with Gasteiger partial charge in [-0.15, -0.1) is 0 Å². The minimum atomic E-state index is -0.342. The molecule has 0 bridgehead atoms. The van der Waals surface area contributed by atoms with Crippen molar-refractivity contribution < 1.29 is 14.3 Å².